The molecule has 11 heteroatoms. The third-order valence-corrected chi connectivity index (χ3v) is 9.31. The van der Waals surface area contributed by atoms with Gasteiger partial charge in [-0.2, -0.15) is 4.90 Å². The van der Waals surface area contributed by atoms with Crippen molar-refractivity contribution in [1.82, 2.24) is 4.90 Å². The maximum atomic E-state index is 15.0. The zero-order chi connectivity index (χ0) is 26.8. The highest BCUT2D eigenvalue weighted by Crippen LogP contribution is 2.53. The number of nitrogens with zero attached hydrogens (tertiary/aromatic N) is 2. The number of hydrogen-bond acceptors (Lipinski definition) is 8. The molecule has 1 aromatic carbocycles. The van der Waals surface area contributed by atoms with Gasteiger partial charge in [0.2, 0.25) is 0 Å². The summed E-state index contributed by atoms with van der Waals surface area (Å²) < 4.78 is 51.9. The number of rotatable bonds is 1. The molecule has 0 radical (unpaired) electrons. The van der Waals surface area contributed by atoms with E-state index in [9.17, 15) is 18.0 Å². The summed E-state index contributed by atoms with van der Waals surface area (Å²) in [5.41, 5.74) is 2.40. The predicted molar refractivity (Wildman–Crippen MR) is 130 cm³/mol. The van der Waals surface area contributed by atoms with E-state index in [-0.39, 0.29) is 29.9 Å². The van der Waals surface area contributed by atoms with Crippen LogP contribution < -0.4 is 5.73 Å². The number of benzene rings is 1. The molecule has 2 aliphatic rings. The lowest BCUT2D eigenvalue weighted by molar-refractivity contribution is 0.0139. The first kappa shape index (κ1) is 26.9. The number of nitrogens with two attached hydrogens (primary N) is 1. The summed E-state index contributed by atoms with van der Waals surface area (Å²) in [5.74, 6) is -1.06. The third-order valence-electron chi connectivity index (χ3n) is 6.22. The standard InChI is InChI=1S/C24H34FN3O6S/c1-21(2,3)33-19(29)28(20(30)34-22(4,5)6)18-23(7)12-11-17(35(23,31)32)24(8,27-18)15-13-14(26)9-10-16(15)25/h9-10,13,17H,11-12,26H2,1-8H3/t17-,23+,24+/m0/s1. The quantitative estimate of drug-likeness (QED) is 0.548. The third kappa shape index (κ3) is 4.62. The number of ether oxygens (including phenoxy) is 2. The van der Waals surface area contributed by atoms with E-state index in [2.05, 4.69) is 4.99 Å². The summed E-state index contributed by atoms with van der Waals surface area (Å²) in [6, 6.07) is 3.83. The van der Waals surface area contributed by atoms with Crippen LogP contribution in [0.2, 0.25) is 0 Å². The van der Waals surface area contributed by atoms with Gasteiger partial charge in [-0.05, 0) is 86.4 Å². The summed E-state index contributed by atoms with van der Waals surface area (Å²) in [6.45, 7) is 12.5. The van der Waals surface area contributed by atoms with Crippen LogP contribution in [0, 0.1) is 5.82 Å². The zero-order valence-electron chi connectivity index (χ0n) is 21.4. The normalized spacial score (nSPS) is 27.7. The minimum Gasteiger partial charge on any atom is -0.443 e. The molecule has 9 nitrogen and oxygen atoms in total. The Bertz CT molecular complexity index is 1170. The molecular formula is C24H34FN3O6S. The number of halogens is 1. The van der Waals surface area contributed by atoms with Gasteiger partial charge in [0, 0.05) is 11.3 Å². The second kappa shape index (κ2) is 8.18. The molecule has 2 heterocycles. The number of aliphatic imine (C=N–C) groups is 1. The molecule has 0 spiro atoms. The first-order chi connectivity index (χ1) is 15.7. The van der Waals surface area contributed by atoms with Gasteiger partial charge in [0.15, 0.2) is 9.84 Å². The monoisotopic (exact) mass is 511 g/mol. The molecule has 3 rings (SSSR count). The van der Waals surface area contributed by atoms with Gasteiger partial charge in [0.05, 0.1) is 5.25 Å². The molecule has 2 N–H and O–H groups in total. The number of sulfone groups is 1. The number of imide groups is 1. The van der Waals surface area contributed by atoms with Crippen molar-refractivity contribution in [2.24, 2.45) is 4.99 Å². The number of anilines is 1. The lowest BCUT2D eigenvalue weighted by Crippen LogP contribution is -2.61. The van der Waals surface area contributed by atoms with Gasteiger partial charge >= 0.3 is 12.2 Å². The van der Waals surface area contributed by atoms with E-state index in [1.165, 1.54) is 26.0 Å². The van der Waals surface area contributed by atoms with Crippen LogP contribution in [0.1, 0.15) is 73.8 Å². The summed E-state index contributed by atoms with van der Waals surface area (Å²) in [5, 5.41) is -1.08. The van der Waals surface area contributed by atoms with Crippen molar-refractivity contribution in [3.8, 4) is 0 Å². The van der Waals surface area contributed by atoms with E-state index in [1.54, 1.807) is 41.5 Å². The molecule has 0 aromatic heterocycles. The van der Waals surface area contributed by atoms with E-state index in [0.717, 1.165) is 6.07 Å². The summed E-state index contributed by atoms with van der Waals surface area (Å²) >= 11 is 0. The lowest BCUT2D eigenvalue weighted by atomic mass is 9.86. The highest BCUT2D eigenvalue weighted by molar-refractivity contribution is 7.94. The smallest absolute Gasteiger partial charge is 0.425 e. The minimum absolute atomic E-state index is 0.0409. The van der Waals surface area contributed by atoms with Crippen molar-refractivity contribution >= 4 is 33.5 Å². The SMILES string of the molecule is CC(C)(C)OC(=O)N(C(=O)OC(C)(C)C)C1=N[C@](C)(c2cc(N)ccc2F)[C@@H]2CC[C@@]1(C)S2(=O)=O. The average Bonchev–Trinajstić information content (AvgIpc) is 2.82. The first-order valence-corrected chi connectivity index (χ1v) is 12.9. The molecule has 0 unspecified atom stereocenters. The summed E-state index contributed by atoms with van der Waals surface area (Å²) in [7, 11) is -4.06. The van der Waals surface area contributed by atoms with Gasteiger partial charge in [0.1, 0.15) is 33.1 Å². The highest BCUT2D eigenvalue weighted by Gasteiger charge is 2.66. The second-order valence-electron chi connectivity index (χ2n) is 11.4. The zero-order valence-corrected chi connectivity index (χ0v) is 22.2. The van der Waals surface area contributed by atoms with Crippen LogP contribution >= 0.6 is 0 Å². The number of fused-ring (bicyclic) bond motifs is 2. The Morgan fingerprint density at radius 1 is 1.09 bits per heavy atom. The van der Waals surface area contributed by atoms with Crippen LogP contribution in [0.3, 0.4) is 0 Å². The first-order valence-electron chi connectivity index (χ1n) is 11.4. The van der Waals surface area contributed by atoms with E-state index >= 15 is 4.39 Å². The van der Waals surface area contributed by atoms with Gasteiger partial charge in [-0.1, -0.05) is 0 Å². The molecule has 0 aliphatic carbocycles. The van der Waals surface area contributed by atoms with E-state index in [4.69, 9.17) is 15.2 Å². The van der Waals surface area contributed by atoms with E-state index in [1.807, 2.05) is 0 Å². The second-order valence-corrected chi connectivity index (χ2v) is 14.0. The number of hydrogen-bond donors (Lipinski definition) is 1. The molecule has 2 aliphatic heterocycles. The molecule has 0 saturated carbocycles. The van der Waals surface area contributed by atoms with Crippen LogP contribution in [0.25, 0.3) is 0 Å². The Hall–Kier alpha value is -2.69. The van der Waals surface area contributed by atoms with Crippen LogP contribution in [-0.4, -0.2) is 52.5 Å². The van der Waals surface area contributed by atoms with Crippen molar-refractivity contribution in [3.63, 3.8) is 0 Å². The van der Waals surface area contributed by atoms with Gasteiger partial charge in [-0.25, -0.2) is 22.4 Å². The Labute approximate surface area is 205 Å². The molecular weight excluding hydrogens is 477 g/mol. The van der Waals surface area contributed by atoms with Crippen LogP contribution in [0.5, 0.6) is 0 Å². The van der Waals surface area contributed by atoms with Crippen LogP contribution in [0.4, 0.5) is 19.7 Å². The molecule has 2 bridgehead atoms. The Morgan fingerprint density at radius 3 is 2.09 bits per heavy atom. The fourth-order valence-corrected chi connectivity index (χ4v) is 7.20. The van der Waals surface area contributed by atoms with Crippen molar-refractivity contribution in [2.45, 2.75) is 95.0 Å². The van der Waals surface area contributed by atoms with Gasteiger partial charge in [-0.15, -0.1) is 0 Å². The molecule has 2 amide bonds. The lowest BCUT2D eigenvalue weighted by Gasteiger charge is -2.42. The van der Waals surface area contributed by atoms with Crippen molar-refractivity contribution in [1.29, 1.82) is 0 Å². The number of carbonyl (C=O) groups is 2. The molecule has 1 saturated heterocycles. The summed E-state index contributed by atoms with van der Waals surface area (Å²) in [6.07, 6.45) is -2.06. The minimum atomic E-state index is -4.06. The Morgan fingerprint density at radius 2 is 1.60 bits per heavy atom. The van der Waals surface area contributed by atoms with Crippen LogP contribution in [-0.2, 0) is 24.8 Å². The number of carbonyl (C=O) groups excluding carboxylic acids is 2. The number of nitrogen functional groups attached to an aromatic ring is 1. The van der Waals surface area contributed by atoms with Crippen molar-refractivity contribution < 1.29 is 31.9 Å². The number of amides is 2. The number of amidine groups is 1. The fourth-order valence-electron chi connectivity index (χ4n) is 4.56. The maximum absolute atomic E-state index is 15.0. The van der Waals surface area contributed by atoms with Crippen molar-refractivity contribution in [2.75, 3.05) is 5.73 Å². The van der Waals surface area contributed by atoms with Crippen LogP contribution in [0.15, 0.2) is 23.2 Å². The maximum Gasteiger partial charge on any atom is 0.425 e. The highest BCUT2D eigenvalue weighted by atomic mass is 32.2. The Balaban J connectivity index is 2.32. The van der Waals surface area contributed by atoms with E-state index in [0.29, 0.717) is 4.90 Å². The molecule has 1 fully saturated rings. The molecule has 35 heavy (non-hydrogen) atoms. The van der Waals surface area contributed by atoms with Gasteiger partial charge in [0.25, 0.3) is 0 Å². The van der Waals surface area contributed by atoms with Crippen molar-refractivity contribution in [3.05, 3.63) is 29.6 Å². The summed E-state index contributed by atoms with van der Waals surface area (Å²) in [4.78, 5) is 31.8. The fraction of sp³-hybridized carbons (Fsp3) is 0.625. The molecule has 194 valence electrons. The van der Waals surface area contributed by atoms with Gasteiger partial charge < -0.3 is 15.2 Å². The van der Waals surface area contributed by atoms with E-state index < -0.39 is 54.6 Å². The average molecular weight is 512 g/mol. The largest absolute Gasteiger partial charge is 0.443 e. The topological polar surface area (TPSA) is 128 Å². The Kier molecular flexibility index (Phi) is 6.29. The predicted octanol–water partition coefficient (Wildman–Crippen LogP) is 4.54. The van der Waals surface area contributed by atoms with Gasteiger partial charge in [-0.3, -0.25) is 4.99 Å². The molecule has 3 atom stereocenters. The molecule has 1 aromatic rings.